The number of hydrogen-bond acceptors (Lipinski definition) is 9. The minimum Gasteiger partial charge on any atom is -0.354 e. The van der Waals surface area contributed by atoms with Gasteiger partial charge in [-0.3, -0.25) is 0 Å². The molecule has 9 nitrogen and oxygen atoms in total. The molecule has 0 bridgehead atoms. The first-order valence-electron chi connectivity index (χ1n) is 11.9. The Bertz CT molecular complexity index is 1280. The van der Waals surface area contributed by atoms with Crippen LogP contribution in [0.4, 0.5) is 23.4 Å². The molecule has 3 aromatic heterocycles. The Kier molecular flexibility index (Phi) is 5.60. The van der Waals surface area contributed by atoms with Gasteiger partial charge in [0.05, 0.1) is 23.1 Å². The van der Waals surface area contributed by atoms with Crippen molar-refractivity contribution in [1.29, 1.82) is 0 Å². The van der Waals surface area contributed by atoms with Crippen LogP contribution in [0.15, 0.2) is 55.0 Å². The maximum Gasteiger partial charge on any atom is 0.227 e. The van der Waals surface area contributed by atoms with Gasteiger partial charge in [-0.25, -0.2) is 24.9 Å². The molecule has 1 aromatic carbocycles. The smallest absolute Gasteiger partial charge is 0.227 e. The van der Waals surface area contributed by atoms with E-state index in [0.29, 0.717) is 5.95 Å². The first kappa shape index (κ1) is 20.7. The topological polar surface area (TPSA) is 95.0 Å². The van der Waals surface area contributed by atoms with Crippen LogP contribution in [0.2, 0.25) is 0 Å². The second-order valence-corrected chi connectivity index (χ2v) is 8.67. The molecule has 172 valence electrons. The number of pyridine rings is 1. The van der Waals surface area contributed by atoms with E-state index in [0.717, 1.165) is 78.9 Å². The monoisotopic (exact) mass is 453 g/mol. The van der Waals surface area contributed by atoms with E-state index in [1.54, 1.807) is 6.20 Å². The molecule has 0 aliphatic carbocycles. The third-order valence-electron chi connectivity index (χ3n) is 6.35. The molecule has 2 aliphatic rings. The lowest BCUT2D eigenvalue weighted by molar-refractivity contribution is 0.585. The largest absolute Gasteiger partial charge is 0.354 e. The number of nitrogens with zero attached hydrogens (tertiary/aromatic N) is 7. The molecule has 2 saturated heterocycles. The summed E-state index contributed by atoms with van der Waals surface area (Å²) in [6.07, 6.45) is 7.93. The fourth-order valence-electron chi connectivity index (χ4n) is 4.50. The number of hydrogen-bond donors (Lipinski definition) is 2. The van der Waals surface area contributed by atoms with Crippen LogP contribution < -0.4 is 20.4 Å². The first-order chi connectivity index (χ1) is 16.8. The van der Waals surface area contributed by atoms with Crippen molar-refractivity contribution in [2.75, 3.05) is 54.4 Å². The zero-order valence-corrected chi connectivity index (χ0v) is 19.0. The van der Waals surface area contributed by atoms with E-state index in [1.807, 2.05) is 36.7 Å². The van der Waals surface area contributed by atoms with Gasteiger partial charge in [-0.2, -0.15) is 0 Å². The van der Waals surface area contributed by atoms with Crippen LogP contribution in [0, 0.1) is 0 Å². The SMILES string of the molecule is c1cc(-c2ccc3nc(N4CCCC4)ncc3c2)nc(Nc2ccc(N3CCNCC3)nc2)n1. The molecule has 0 amide bonds. The maximum absolute atomic E-state index is 4.76. The number of fused-ring (bicyclic) bond motifs is 1. The highest BCUT2D eigenvalue weighted by Crippen LogP contribution is 2.25. The van der Waals surface area contributed by atoms with Crippen molar-refractivity contribution < 1.29 is 0 Å². The van der Waals surface area contributed by atoms with Crippen LogP contribution in [0.3, 0.4) is 0 Å². The van der Waals surface area contributed by atoms with Gasteiger partial charge in [-0.15, -0.1) is 0 Å². The van der Waals surface area contributed by atoms with Crippen LogP contribution in [0.5, 0.6) is 0 Å². The molecule has 0 radical (unpaired) electrons. The highest BCUT2D eigenvalue weighted by Gasteiger charge is 2.15. The van der Waals surface area contributed by atoms with E-state index in [-0.39, 0.29) is 0 Å². The van der Waals surface area contributed by atoms with Crippen molar-refractivity contribution in [2.45, 2.75) is 12.8 Å². The van der Waals surface area contributed by atoms with Gasteiger partial charge < -0.3 is 20.4 Å². The average molecular weight is 454 g/mol. The summed E-state index contributed by atoms with van der Waals surface area (Å²) in [4.78, 5) is 27.6. The second kappa shape index (κ2) is 9.18. The first-order valence-corrected chi connectivity index (χ1v) is 11.9. The number of nitrogens with one attached hydrogen (secondary N) is 2. The van der Waals surface area contributed by atoms with E-state index < -0.39 is 0 Å². The third-order valence-corrected chi connectivity index (χ3v) is 6.35. The molecule has 6 rings (SSSR count). The summed E-state index contributed by atoms with van der Waals surface area (Å²) < 4.78 is 0. The van der Waals surface area contributed by atoms with Crippen molar-refractivity contribution >= 4 is 34.3 Å². The molecule has 0 saturated carbocycles. The van der Waals surface area contributed by atoms with Crippen molar-refractivity contribution in [3.8, 4) is 11.3 Å². The standard InChI is InChI=1S/C25H27N9/c1-2-12-34(11-1)25-29-16-19-15-18(3-5-21(19)32-25)22-7-8-27-24(31-22)30-20-4-6-23(28-17-20)33-13-9-26-10-14-33/h3-8,15-17,26H,1-2,9-14H2,(H,27,30,31). The molecule has 0 spiro atoms. The van der Waals surface area contributed by atoms with Crippen molar-refractivity contribution in [3.63, 3.8) is 0 Å². The third kappa shape index (κ3) is 4.34. The fraction of sp³-hybridized carbons (Fsp3) is 0.320. The minimum absolute atomic E-state index is 0.537. The van der Waals surface area contributed by atoms with Gasteiger partial charge in [-0.1, -0.05) is 6.07 Å². The van der Waals surface area contributed by atoms with Gasteiger partial charge >= 0.3 is 0 Å². The summed E-state index contributed by atoms with van der Waals surface area (Å²) >= 11 is 0. The predicted molar refractivity (Wildman–Crippen MR) is 135 cm³/mol. The number of piperazine rings is 1. The van der Waals surface area contributed by atoms with Gasteiger partial charge in [0.25, 0.3) is 0 Å². The maximum atomic E-state index is 4.76. The summed E-state index contributed by atoms with van der Waals surface area (Å²) in [5.41, 5.74) is 3.65. The fourth-order valence-corrected chi connectivity index (χ4v) is 4.50. The lowest BCUT2D eigenvalue weighted by atomic mass is 10.1. The van der Waals surface area contributed by atoms with Gasteiger partial charge in [-0.05, 0) is 43.2 Å². The molecule has 0 atom stereocenters. The van der Waals surface area contributed by atoms with Gasteiger partial charge in [0.1, 0.15) is 5.82 Å². The Morgan fingerprint density at radius 3 is 2.50 bits per heavy atom. The van der Waals surface area contributed by atoms with Crippen LogP contribution >= 0.6 is 0 Å². The van der Waals surface area contributed by atoms with E-state index >= 15 is 0 Å². The molecule has 2 aliphatic heterocycles. The number of aromatic nitrogens is 5. The summed E-state index contributed by atoms with van der Waals surface area (Å²) in [5, 5.41) is 7.64. The summed E-state index contributed by atoms with van der Waals surface area (Å²) in [6, 6.07) is 12.2. The van der Waals surface area contributed by atoms with Crippen LogP contribution in [-0.2, 0) is 0 Å². The summed E-state index contributed by atoms with van der Waals surface area (Å²) in [6.45, 7) is 6.00. The van der Waals surface area contributed by atoms with Crippen LogP contribution in [0.25, 0.3) is 22.2 Å². The quantitative estimate of drug-likeness (QED) is 0.472. The molecule has 5 heterocycles. The molecule has 34 heavy (non-hydrogen) atoms. The van der Waals surface area contributed by atoms with E-state index in [2.05, 4.69) is 47.5 Å². The molecular formula is C25H27N9. The zero-order chi connectivity index (χ0) is 22.7. The Morgan fingerprint density at radius 1 is 0.794 bits per heavy atom. The highest BCUT2D eigenvalue weighted by molar-refractivity contribution is 5.84. The predicted octanol–water partition coefficient (Wildman–Crippen LogP) is 3.24. The zero-order valence-electron chi connectivity index (χ0n) is 19.0. The number of benzene rings is 1. The lowest BCUT2D eigenvalue weighted by Crippen LogP contribution is -2.43. The van der Waals surface area contributed by atoms with Gasteiger partial charge in [0.2, 0.25) is 11.9 Å². The number of rotatable bonds is 5. The highest BCUT2D eigenvalue weighted by atomic mass is 15.3. The molecule has 9 heteroatoms. The van der Waals surface area contributed by atoms with E-state index in [1.165, 1.54) is 12.8 Å². The summed E-state index contributed by atoms with van der Waals surface area (Å²) in [5.74, 6) is 2.35. The van der Waals surface area contributed by atoms with Crippen molar-refractivity contribution in [2.24, 2.45) is 0 Å². The normalized spacial score (nSPS) is 16.2. The van der Waals surface area contributed by atoms with Gasteiger partial charge in [0, 0.05) is 62.6 Å². The van der Waals surface area contributed by atoms with Crippen molar-refractivity contribution in [3.05, 3.63) is 55.0 Å². The summed E-state index contributed by atoms with van der Waals surface area (Å²) in [7, 11) is 0. The second-order valence-electron chi connectivity index (χ2n) is 8.67. The lowest BCUT2D eigenvalue weighted by Gasteiger charge is -2.28. The Balaban J connectivity index is 1.19. The average Bonchev–Trinajstić information content (AvgIpc) is 3.44. The van der Waals surface area contributed by atoms with Crippen molar-refractivity contribution in [1.82, 2.24) is 30.2 Å². The molecule has 2 fully saturated rings. The van der Waals surface area contributed by atoms with E-state index in [4.69, 9.17) is 9.97 Å². The minimum atomic E-state index is 0.537. The van der Waals surface area contributed by atoms with Crippen LogP contribution in [0.1, 0.15) is 12.8 Å². The molecular weight excluding hydrogens is 426 g/mol. The van der Waals surface area contributed by atoms with Crippen LogP contribution in [-0.4, -0.2) is 64.2 Å². The molecule has 4 aromatic rings. The van der Waals surface area contributed by atoms with E-state index in [9.17, 15) is 0 Å². The Hall–Kier alpha value is -3.85. The molecule has 0 unspecified atom stereocenters. The van der Waals surface area contributed by atoms with Gasteiger partial charge in [0.15, 0.2) is 0 Å². The number of anilines is 4. The Morgan fingerprint density at radius 2 is 1.68 bits per heavy atom. The molecule has 2 N–H and O–H groups in total. The Labute approximate surface area is 198 Å².